The van der Waals surface area contributed by atoms with Gasteiger partial charge in [-0.1, -0.05) is 38.1 Å². The van der Waals surface area contributed by atoms with Crippen molar-refractivity contribution in [2.75, 3.05) is 19.6 Å². The maximum absolute atomic E-state index is 5.92. The van der Waals surface area contributed by atoms with Crippen LogP contribution in [0.2, 0.25) is 0 Å². The molecule has 18 heavy (non-hydrogen) atoms. The molecule has 0 aromatic heterocycles. The normalized spacial score (nSPS) is 22.1. The van der Waals surface area contributed by atoms with Crippen LogP contribution in [0.4, 0.5) is 0 Å². The van der Waals surface area contributed by atoms with Crippen LogP contribution >= 0.6 is 0 Å². The van der Waals surface area contributed by atoms with Gasteiger partial charge in [-0.05, 0) is 54.8 Å². The van der Waals surface area contributed by atoms with E-state index in [-0.39, 0.29) is 0 Å². The summed E-state index contributed by atoms with van der Waals surface area (Å²) in [6.07, 6.45) is 2.60. The summed E-state index contributed by atoms with van der Waals surface area (Å²) in [4.78, 5) is 0. The Morgan fingerprint density at radius 2 is 2.22 bits per heavy atom. The first kappa shape index (κ1) is 13.6. The molecule has 1 aromatic rings. The number of hydrogen-bond acceptors (Lipinski definition) is 2. The highest BCUT2D eigenvalue weighted by Crippen LogP contribution is 2.28. The fourth-order valence-electron chi connectivity index (χ4n) is 2.97. The van der Waals surface area contributed by atoms with Crippen LogP contribution in [-0.4, -0.2) is 19.6 Å². The lowest BCUT2D eigenvalue weighted by Gasteiger charge is -2.25. The fraction of sp³-hybridized carbons (Fsp3) is 0.625. The molecule has 1 heterocycles. The van der Waals surface area contributed by atoms with Gasteiger partial charge < -0.3 is 11.1 Å². The average molecular weight is 246 g/mol. The Morgan fingerprint density at radius 1 is 1.39 bits per heavy atom. The molecule has 0 bridgehead atoms. The van der Waals surface area contributed by atoms with Gasteiger partial charge in [0.1, 0.15) is 0 Å². The Balaban J connectivity index is 2.18. The van der Waals surface area contributed by atoms with E-state index < -0.39 is 0 Å². The fourth-order valence-corrected chi connectivity index (χ4v) is 2.97. The number of nitrogens with two attached hydrogens (primary N) is 1. The van der Waals surface area contributed by atoms with Gasteiger partial charge in [0.15, 0.2) is 0 Å². The van der Waals surface area contributed by atoms with Crippen LogP contribution in [0.15, 0.2) is 24.3 Å². The number of benzene rings is 1. The molecule has 2 atom stereocenters. The molecule has 2 nitrogen and oxygen atoms in total. The molecule has 1 aliphatic rings. The van der Waals surface area contributed by atoms with Gasteiger partial charge in [-0.15, -0.1) is 0 Å². The largest absolute Gasteiger partial charge is 0.330 e. The molecule has 1 aromatic carbocycles. The maximum Gasteiger partial charge on any atom is 0.00201 e. The van der Waals surface area contributed by atoms with Crippen molar-refractivity contribution in [2.24, 2.45) is 11.7 Å². The number of rotatable bonds is 4. The van der Waals surface area contributed by atoms with E-state index in [1.54, 1.807) is 0 Å². The molecule has 1 saturated heterocycles. The van der Waals surface area contributed by atoms with Crippen molar-refractivity contribution < 1.29 is 0 Å². The van der Waals surface area contributed by atoms with Crippen LogP contribution in [0.5, 0.6) is 0 Å². The van der Waals surface area contributed by atoms with Crippen molar-refractivity contribution in [2.45, 2.75) is 38.5 Å². The number of nitrogens with one attached hydrogen (secondary N) is 1. The summed E-state index contributed by atoms with van der Waals surface area (Å²) in [5, 5.41) is 3.49. The van der Waals surface area contributed by atoms with E-state index in [0.29, 0.717) is 17.8 Å². The Hall–Kier alpha value is -0.860. The third kappa shape index (κ3) is 3.12. The summed E-state index contributed by atoms with van der Waals surface area (Å²) >= 11 is 0. The summed E-state index contributed by atoms with van der Waals surface area (Å²) < 4.78 is 0. The third-order valence-electron chi connectivity index (χ3n) is 4.17. The van der Waals surface area contributed by atoms with E-state index in [9.17, 15) is 0 Å². The Kier molecular flexibility index (Phi) is 4.79. The average Bonchev–Trinajstić information content (AvgIpc) is 2.40. The maximum atomic E-state index is 5.92. The molecule has 0 radical (unpaired) electrons. The molecule has 1 aliphatic heterocycles. The Bertz CT molecular complexity index is 367. The Labute approximate surface area is 111 Å². The van der Waals surface area contributed by atoms with Crippen molar-refractivity contribution in [3.63, 3.8) is 0 Å². The van der Waals surface area contributed by atoms with Gasteiger partial charge in [-0.2, -0.15) is 0 Å². The zero-order valence-corrected chi connectivity index (χ0v) is 11.7. The molecule has 0 aliphatic carbocycles. The molecule has 1 fully saturated rings. The lowest BCUT2D eigenvalue weighted by atomic mass is 9.84. The van der Waals surface area contributed by atoms with Crippen LogP contribution in [-0.2, 0) is 0 Å². The van der Waals surface area contributed by atoms with E-state index in [1.165, 1.54) is 30.5 Å². The van der Waals surface area contributed by atoms with Gasteiger partial charge in [0, 0.05) is 6.54 Å². The molecular formula is C16H26N2. The second kappa shape index (κ2) is 6.35. The monoisotopic (exact) mass is 246 g/mol. The van der Waals surface area contributed by atoms with Gasteiger partial charge in [0.05, 0.1) is 0 Å². The standard InChI is InChI=1S/C16H26N2/c1-12(2)16(10-17)14-6-3-5-13(9-14)15-7-4-8-18-11-15/h3,5-6,9,12,15-16,18H,4,7-8,10-11,17H2,1-2H3. The zero-order chi connectivity index (χ0) is 13.0. The minimum atomic E-state index is 0.487. The SMILES string of the molecule is CC(C)C(CN)c1cccc(C2CCCNC2)c1. The van der Waals surface area contributed by atoms with Crippen LogP contribution < -0.4 is 11.1 Å². The summed E-state index contributed by atoms with van der Waals surface area (Å²) in [6.45, 7) is 7.55. The predicted octanol–water partition coefficient (Wildman–Crippen LogP) is 2.85. The highest BCUT2D eigenvalue weighted by atomic mass is 14.9. The highest BCUT2D eigenvalue weighted by molar-refractivity contribution is 5.30. The van der Waals surface area contributed by atoms with Crippen LogP contribution in [0.3, 0.4) is 0 Å². The van der Waals surface area contributed by atoms with E-state index in [1.807, 2.05) is 0 Å². The number of piperidine rings is 1. The molecular weight excluding hydrogens is 220 g/mol. The Morgan fingerprint density at radius 3 is 2.83 bits per heavy atom. The van der Waals surface area contributed by atoms with E-state index in [2.05, 4.69) is 43.4 Å². The minimum absolute atomic E-state index is 0.487. The van der Waals surface area contributed by atoms with Crippen molar-refractivity contribution >= 4 is 0 Å². The van der Waals surface area contributed by atoms with Gasteiger partial charge in [0.25, 0.3) is 0 Å². The first-order valence-corrected chi connectivity index (χ1v) is 7.23. The van der Waals surface area contributed by atoms with Crippen LogP contribution in [0.1, 0.15) is 49.7 Å². The smallest absolute Gasteiger partial charge is 0.00201 e. The second-order valence-electron chi connectivity index (χ2n) is 5.80. The van der Waals surface area contributed by atoms with Crippen LogP contribution in [0.25, 0.3) is 0 Å². The summed E-state index contributed by atoms with van der Waals surface area (Å²) in [7, 11) is 0. The lowest BCUT2D eigenvalue weighted by molar-refractivity contribution is 0.459. The molecule has 3 N–H and O–H groups in total. The molecule has 2 unspecified atom stereocenters. The van der Waals surface area contributed by atoms with Gasteiger partial charge in [0.2, 0.25) is 0 Å². The first-order valence-electron chi connectivity index (χ1n) is 7.23. The van der Waals surface area contributed by atoms with Gasteiger partial charge >= 0.3 is 0 Å². The molecule has 0 spiro atoms. The molecule has 2 heteroatoms. The van der Waals surface area contributed by atoms with Crippen molar-refractivity contribution in [3.8, 4) is 0 Å². The predicted molar refractivity (Wildman–Crippen MR) is 77.9 cm³/mol. The van der Waals surface area contributed by atoms with Crippen molar-refractivity contribution in [1.82, 2.24) is 5.32 Å². The van der Waals surface area contributed by atoms with Gasteiger partial charge in [-0.25, -0.2) is 0 Å². The van der Waals surface area contributed by atoms with Crippen molar-refractivity contribution in [3.05, 3.63) is 35.4 Å². The van der Waals surface area contributed by atoms with Crippen molar-refractivity contribution in [1.29, 1.82) is 0 Å². The van der Waals surface area contributed by atoms with E-state index >= 15 is 0 Å². The quantitative estimate of drug-likeness (QED) is 0.857. The molecule has 0 amide bonds. The molecule has 0 saturated carbocycles. The van der Waals surface area contributed by atoms with E-state index in [4.69, 9.17) is 5.73 Å². The minimum Gasteiger partial charge on any atom is -0.330 e. The zero-order valence-electron chi connectivity index (χ0n) is 11.7. The highest BCUT2D eigenvalue weighted by Gasteiger charge is 2.18. The number of hydrogen-bond donors (Lipinski definition) is 2. The summed E-state index contributed by atoms with van der Waals surface area (Å²) in [5.74, 6) is 1.78. The molecule has 100 valence electrons. The lowest BCUT2D eigenvalue weighted by Crippen LogP contribution is -2.28. The van der Waals surface area contributed by atoms with Gasteiger partial charge in [-0.3, -0.25) is 0 Å². The topological polar surface area (TPSA) is 38.0 Å². The van der Waals surface area contributed by atoms with E-state index in [0.717, 1.165) is 13.1 Å². The summed E-state index contributed by atoms with van der Waals surface area (Å²) in [6, 6.07) is 9.09. The first-order chi connectivity index (χ1) is 8.72. The molecule has 2 rings (SSSR count). The third-order valence-corrected chi connectivity index (χ3v) is 4.17. The van der Waals surface area contributed by atoms with Crippen LogP contribution in [0, 0.1) is 5.92 Å². The summed E-state index contributed by atoms with van der Waals surface area (Å²) in [5.41, 5.74) is 8.82. The second-order valence-corrected chi connectivity index (χ2v) is 5.80.